The fourth-order valence-corrected chi connectivity index (χ4v) is 1.98. The van der Waals surface area contributed by atoms with Crippen LogP contribution in [-0.4, -0.2) is 10.9 Å². The minimum Gasteiger partial charge on any atom is -0.397 e. The van der Waals surface area contributed by atoms with Crippen LogP contribution in [0.2, 0.25) is 0 Å². The van der Waals surface area contributed by atoms with Crippen LogP contribution in [-0.2, 0) is 0 Å². The predicted molar refractivity (Wildman–Crippen MR) is 75.4 cm³/mol. The summed E-state index contributed by atoms with van der Waals surface area (Å²) >= 11 is 3.26. The summed E-state index contributed by atoms with van der Waals surface area (Å²) in [6.45, 7) is 1.60. The largest absolute Gasteiger partial charge is 0.397 e. The molecule has 98 valence electrons. The molecular weight excluding hydrogens is 313 g/mol. The Balaban J connectivity index is 2.23. The van der Waals surface area contributed by atoms with Crippen molar-refractivity contribution in [1.82, 2.24) is 4.98 Å². The summed E-state index contributed by atoms with van der Waals surface area (Å²) in [6.07, 6.45) is 1.44. The Hall–Kier alpha value is -1.95. The molecule has 2 rings (SSSR count). The number of aromatic nitrogens is 1. The van der Waals surface area contributed by atoms with Crippen molar-refractivity contribution in [3.63, 3.8) is 0 Å². The lowest BCUT2D eigenvalue weighted by molar-refractivity contribution is 0.102. The van der Waals surface area contributed by atoms with Gasteiger partial charge >= 0.3 is 0 Å². The first kappa shape index (κ1) is 13.5. The topological polar surface area (TPSA) is 68.0 Å². The zero-order valence-corrected chi connectivity index (χ0v) is 11.7. The van der Waals surface area contributed by atoms with E-state index in [0.717, 1.165) is 0 Å². The summed E-state index contributed by atoms with van der Waals surface area (Å²) in [4.78, 5) is 16.0. The number of anilines is 2. The Labute approximate surface area is 118 Å². The maximum atomic E-state index is 13.1. The number of benzene rings is 1. The van der Waals surface area contributed by atoms with Gasteiger partial charge in [0, 0.05) is 5.56 Å². The van der Waals surface area contributed by atoms with Gasteiger partial charge in [-0.2, -0.15) is 0 Å². The monoisotopic (exact) mass is 323 g/mol. The highest BCUT2D eigenvalue weighted by molar-refractivity contribution is 9.10. The number of nitrogens with one attached hydrogen (secondary N) is 1. The fraction of sp³-hybridized carbons (Fsp3) is 0.0769. The van der Waals surface area contributed by atoms with Crippen LogP contribution in [0.5, 0.6) is 0 Å². The number of aryl methyl sites for hydroxylation is 1. The summed E-state index contributed by atoms with van der Waals surface area (Å²) in [5.41, 5.74) is 6.83. The Kier molecular flexibility index (Phi) is 3.80. The minimum atomic E-state index is -0.360. The molecule has 19 heavy (non-hydrogen) atoms. The van der Waals surface area contributed by atoms with E-state index in [9.17, 15) is 9.18 Å². The Morgan fingerprint density at radius 3 is 2.79 bits per heavy atom. The van der Waals surface area contributed by atoms with Crippen molar-refractivity contribution in [3.8, 4) is 0 Å². The number of hydrogen-bond acceptors (Lipinski definition) is 3. The van der Waals surface area contributed by atoms with Gasteiger partial charge in [0.15, 0.2) is 0 Å². The lowest BCUT2D eigenvalue weighted by Gasteiger charge is -2.07. The average molecular weight is 324 g/mol. The highest BCUT2D eigenvalue weighted by Crippen LogP contribution is 2.22. The van der Waals surface area contributed by atoms with Gasteiger partial charge in [0.05, 0.1) is 16.4 Å². The third-order valence-electron chi connectivity index (χ3n) is 2.51. The van der Waals surface area contributed by atoms with Crippen molar-refractivity contribution < 1.29 is 9.18 Å². The predicted octanol–water partition coefficient (Wildman–Crippen LogP) is 3.13. The van der Waals surface area contributed by atoms with Crippen molar-refractivity contribution in [2.75, 3.05) is 11.1 Å². The molecule has 0 fully saturated rings. The number of nitrogens with zero attached hydrogens (tertiary/aromatic N) is 1. The molecule has 4 nitrogen and oxygen atoms in total. The molecule has 1 amide bonds. The number of amides is 1. The molecule has 0 aliphatic carbocycles. The normalized spacial score (nSPS) is 10.3. The molecule has 0 aliphatic heterocycles. The van der Waals surface area contributed by atoms with E-state index >= 15 is 0 Å². The van der Waals surface area contributed by atoms with Crippen LogP contribution >= 0.6 is 15.9 Å². The van der Waals surface area contributed by atoms with Gasteiger partial charge < -0.3 is 11.1 Å². The highest BCUT2D eigenvalue weighted by Gasteiger charge is 2.11. The lowest BCUT2D eigenvalue weighted by atomic mass is 10.1. The van der Waals surface area contributed by atoms with Crippen LogP contribution in [0.3, 0.4) is 0 Å². The fourth-order valence-electron chi connectivity index (χ4n) is 1.51. The molecular formula is C13H11BrFN3O. The van der Waals surface area contributed by atoms with Crippen LogP contribution in [0.4, 0.5) is 15.9 Å². The van der Waals surface area contributed by atoms with Gasteiger partial charge in [-0.05, 0) is 52.7 Å². The smallest absolute Gasteiger partial charge is 0.256 e. The van der Waals surface area contributed by atoms with Crippen molar-refractivity contribution in [2.24, 2.45) is 0 Å². The number of rotatable bonds is 2. The van der Waals surface area contributed by atoms with Gasteiger partial charge in [0.2, 0.25) is 0 Å². The van der Waals surface area contributed by atoms with E-state index in [-0.39, 0.29) is 11.7 Å². The van der Waals surface area contributed by atoms with Gasteiger partial charge in [-0.3, -0.25) is 4.79 Å². The molecule has 0 aliphatic rings. The molecule has 1 aromatic carbocycles. The van der Waals surface area contributed by atoms with Crippen molar-refractivity contribution in [3.05, 3.63) is 51.9 Å². The number of carbonyl (C=O) groups is 1. The molecule has 3 N–H and O–H groups in total. The third-order valence-corrected chi connectivity index (χ3v) is 3.12. The number of nitrogens with two attached hydrogens (primary N) is 1. The van der Waals surface area contributed by atoms with Gasteiger partial charge in [0.1, 0.15) is 11.6 Å². The number of carbonyl (C=O) groups excluding carboxylic acids is 1. The second-order valence-electron chi connectivity index (χ2n) is 4.02. The lowest BCUT2D eigenvalue weighted by Crippen LogP contribution is -2.14. The SMILES string of the molecule is Cc1cc(C(=O)Nc2ncc(N)cc2Br)ccc1F. The molecule has 0 bridgehead atoms. The van der Waals surface area contributed by atoms with E-state index in [1.807, 2.05) is 0 Å². The molecule has 2 aromatic rings. The molecule has 0 saturated heterocycles. The van der Waals surface area contributed by atoms with E-state index in [1.54, 1.807) is 13.0 Å². The molecule has 0 spiro atoms. The van der Waals surface area contributed by atoms with Crippen LogP contribution in [0, 0.1) is 12.7 Å². The van der Waals surface area contributed by atoms with E-state index in [2.05, 4.69) is 26.2 Å². The van der Waals surface area contributed by atoms with E-state index in [1.165, 1.54) is 24.4 Å². The van der Waals surface area contributed by atoms with Crippen LogP contribution in [0.25, 0.3) is 0 Å². The standard InChI is InChI=1S/C13H11BrFN3O/c1-7-4-8(2-3-11(7)15)13(19)18-12-10(14)5-9(16)6-17-12/h2-6H,16H2,1H3,(H,17,18,19). The van der Waals surface area contributed by atoms with E-state index < -0.39 is 0 Å². The van der Waals surface area contributed by atoms with Crippen molar-refractivity contribution in [2.45, 2.75) is 6.92 Å². The summed E-state index contributed by atoms with van der Waals surface area (Å²) < 4.78 is 13.7. The maximum absolute atomic E-state index is 13.1. The summed E-state index contributed by atoms with van der Waals surface area (Å²) in [5.74, 6) is -0.342. The molecule has 0 radical (unpaired) electrons. The Morgan fingerprint density at radius 2 is 2.16 bits per heavy atom. The van der Waals surface area contributed by atoms with Crippen molar-refractivity contribution in [1.29, 1.82) is 0 Å². The van der Waals surface area contributed by atoms with Gasteiger partial charge in [-0.25, -0.2) is 9.37 Å². The molecule has 0 saturated carbocycles. The second kappa shape index (κ2) is 5.36. The van der Waals surface area contributed by atoms with Crippen LogP contribution in [0.1, 0.15) is 15.9 Å². The van der Waals surface area contributed by atoms with Crippen molar-refractivity contribution >= 4 is 33.3 Å². The first-order chi connectivity index (χ1) is 8.97. The molecule has 1 aromatic heterocycles. The zero-order valence-electron chi connectivity index (χ0n) is 10.1. The highest BCUT2D eigenvalue weighted by atomic mass is 79.9. The quantitative estimate of drug-likeness (QED) is 0.892. The van der Waals surface area contributed by atoms with E-state index in [4.69, 9.17) is 5.73 Å². The Bertz CT molecular complexity index is 646. The second-order valence-corrected chi connectivity index (χ2v) is 4.87. The Morgan fingerprint density at radius 1 is 1.42 bits per heavy atom. The number of hydrogen-bond donors (Lipinski definition) is 2. The summed E-state index contributed by atoms with van der Waals surface area (Å²) in [6, 6.07) is 5.80. The van der Waals surface area contributed by atoms with Gasteiger partial charge in [0.25, 0.3) is 5.91 Å². The molecule has 0 unspecified atom stereocenters. The van der Waals surface area contributed by atoms with Crippen LogP contribution < -0.4 is 11.1 Å². The number of pyridine rings is 1. The first-order valence-electron chi connectivity index (χ1n) is 5.46. The van der Waals surface area contributed by atoms with Crippen LogP contribution in [0.15, 0.2) is 34.9 Å². The molecule has 0 atom stereocenters. The van der Waals surface area contributed by atoms with Gasteiger partial charge in [-0.1, -0.05) is 0 Å². The first-order valence-corrected chi connectivity index (χ1v) is 6.25. The molecule has 6 heteroatoms. The minimum absolute atomic E-state index is 0.344. The third kappa shape index (κ3) is 3.08. The number of halogens is 2. The zero-order chi connectivity index (χ0) is 14.0. The summed E-state index contributed by atoms with van der Waals surface area (Å²) in [5, 5.41) is 2.63. The average Bonchev–Trinajstić information content (AvgIpc) is 2.36. The van der Waals surface area contributed by atoms with Gasteiger partial charge in [-0.15, -0.1) is 0 Å². The maximum Gasteiger partial charge on any atom is 0.256 e. The molecule has 1 heterocycles. The summed E-state index contributed by atoms with van der Waals surface area (Å²) in [7, 11) is 0. The van der Waals surface area contributed by atoms with E-state index in [0.29, 0.717) is 27.1 Å². The number of nitrogen functional groups attached to an aromatic ring is 1.